The van der Waals surface area contributed by atoms with E-state index in [1.54, 1.807) is 29.4 Å². The fourth-order valence-electron chi connectivity index (χ4n) is 2.49. The van der Waals surface area contributed by atoms with Gasteiger partial charge in [0.15, 0.2) is 0 Å². The Kier molecular flexibility index (Phi) is 4.93. The van der Waals surface area contributed by atoms with Crippen molar-refractivity contribution in [1.82, 2.24) is 9.97 Å². The van der Waals surface area contributed by atoms with E-state index in [1.165, 1.54) is 16.0 Å². The Hall–Kier alpha value is -1.92. The van der Waals surface area contributed by atoms with Crippen molar-refractivity contribution in [3.05, 3.63) is 41.5 Å². The fraction of sp³-hybridized carbons (Fsp3) is 0.235. The Labute approximate surface area is 143 Å². The van der Waals surface area contributed by atoms with Gasteiger partial charge in [-0.15, -0.1) is 23.1 Å². The van der Waals surface area contributed by atoms with Crippen LogP contribution in [-0.4, -0.2) is 21.6 Å². The van der Waals surface area contributed by atoms with Gasteiger partial charge in [-0.05, 0) is 18.9 Å². The number of fused-ring (bicyclic) bond motifs is 1. The number of hydrogen-bond donors (Lipinski definition) is 1. The van der Waals surface area contributed by atoms with Crippen LogP contribution in [-0.2, 0) is 4.79 Å². The number of nitrogens with two attached hydrogens (primary N) is 1. The van der Waals surface area contributed by atoms with E-state index in [9.17, 15) is 4.79 Å². The van der Waals surface area contributed by atoms with Gasteiger partial charge >= 0.3 is 0 Å². The third-order valence-corrected chi connectivity index (χ3v) is 5.59. The highest BCUT2D eigenvalue weighted by atomic mass is 32.2. The second-order valence-corrected chi connectivity index (χ2v) is 7.46. The number of carbonyl (C=O) groups is 1. The second-order valence-electron chi connectivity index (χ2n) is 5.18. The van der Waals surface area contributed by atoms with Crippen LogP contribution in [0.3, 0.4) is 0 Å². The summed E-state index contributed by atoms with van der Waals surface area (Å²) in [5, 5.41) is 2.09. The number of primary amides is 1. The highest BCUT2D eigenvalue weighted by molar-refractivity contribution is 7.99. The molecule has 0 saturated carbocycles. The van der Waals surface area contributed by atoms with E-state index < -0.39 is 0 Å². The molecule has 0 bridgehead atoms. The number of carbonyl (C=O) groups excluding carboxylic acids is 1. The van der Waals surface area contributed by atoms with Gasteiger partial charge in [-0.25, -0.2) is 9.97 Å². The number of amides is 1. The number of aryl methyl sites for hydroxylation is 1. The maximum Gasteiger partial charge on any atom is 0.217 e. The van der Waals surface area contributed by atoms with Gasteiger partial charge in [0, 0.05) is 22.6 Å². The number of hydrogen-bond acceptors (Lipinski definition) is 5. The van der Waals surface area contributed by atoms with Gasteiger partial charge in [-0.3, -0.25) is 4.79 Å². The zero-order chi connectivity index (χ0) is 16.2. The Balaban J connectivity index is 1.97. The molecule has 0 aliphatic carbocycles. The van der Waals surface area contributed by atoms with Gasteiger partial charge in [0.2, 0.25) is 5.91 Å². The van der Waals surface area contributed by atoms with Crippen LogP contribution >= 0.6 is 23.1 Å². The molecule has 3 aromatic rings. The van der Waals surface area contributed by atoms with Crippen LogP contribution in [0.5, 0.6) is 0 Å². The molecule has 2 heterocycles. The second kappa shape index (κ2) is 7.10. The Morgan fingerprint density at radius 2 is 2.04 bits per heavy atom. The normalized spacial score (nSPS) is 11.0. The monoisotopic (exact) mass is 343 g/mol. The van der Waals surface area contributed by atoms with Crippen molar-refractivity contribution in [2.45, 2.75) is 24.8 Å². The molecule has 0 unspecified atom stereocenters. The van der Waals surface area contributed by atoms with Crippen LogP contribution in [0, 0.1) is 6.92 Å². The van der Waals surface area contributed by atoms with Gasteiger partial charge in [0.25, 0.3) is 0 Å². The lowest BCUT2D eigenvalue weighted by atomic mass is 10.0. The van der Waals surface area contributed by atoms with E-state index in [2.05, 4.69) is 29.0 Å². The number of aromatic nitrogens is 2. The topological polar surface area (TPSA) is 68.9 Å². The van der Waals surface area contributed by atoms with Crippen LogP contribution in [0.15, 0.2) is 41.7 Å². The summed E-state index contributed by atoms with van der Waals surface area (Å²) in [5.41, 5.74) is 7.59. The summed E-state index contributed by atoms with van der Waals surface area (Å²) in [7, 11) is 0. The van der Waals surface area contributed by atoms with Crippen LogP contribution in [0.25, 0.3) is 21.3 Å². The quantitative estimate of drug-likeness (QED) is 0.417. The predicted octanol–water partition coefficient (Wildman–Crippen LogP) is 4.02. The van der Waals surface area contributed by atoms with Gasteiger partial charge in [-0.1, -0.05) is 30.3 Å². The highest BCUT2D eigenvalue weighted by Crippen LogP contribution is 2.41. The highest BCUT2D eigenvalue weighted by Gasteiger charge is 2.16. The third kappa shape index (κ3) is 3.54. The van der Waals surface area contributed by atoms with Crippen molar-refractivity contribution >= 4 is 39.2 Å². The van der Waals surface area contributed by atoms with Crippen LogP contribution in [0.4, 0.5) is 0 Å². The summed E-state index contributed by atoms with van der Waals surface area (Å²) in [6.07, 6.45) is 2.79. The molecule has 0 aliphatic heterocycles. The molecular weight excluding hydrogens is 326 g/mol. The summed E-state index contributed by atoms with van der Waals surface area (Å²) in [6.45, 7) is 2.12. The van der Waals surface area contributed by atoms with E-state index in [1.807, 2.05) is 18.2 Å². The van der Waals surface area contributed by atoms with E-state index in [0.717, 1.165) is 27.4 Å². The SMILES string of the molecule is Cc1sc2ncnc(SCCCC(N)=O)c2c1-c1ccccc1. The van der Waals surface area contributed by atoms with Gasteiger partial charge < -0.3 is 5.73 Å². The minimum Gasteiger partial charge on any atom is -0.370 e. The minimum atomic E-state index is -0.255. The number of benzene rings is 1. The molecule has 3 rings (SSSR count). The van der Waals surface area contributed by atoms with Crippen LogP contribution < -0.4 is 5.73 Å². The van der Waals surface area contributed by atoms with Crippen molar-refractivity contribution in [2.75, 3.05) is 5.75 Å². The summed E-state index contributed by atoms with van der Waals surface area (Å²) in [4.78, 5) is 22.0. The molecule has 2 aromatic heterocycles. The smallest absolute Gasteiger partial charge is 0.217 e. The molecule has 0 atom stereocenters. The first kappa shape index (κ1) is 16.0. The molecule has 0 radical (unpaired) electrons. The van der Waals surface area contributed by atoms with Gasteiger partial charge in [0.05, 0.1) is 5.39 Å². The van der Waals surface area contributed by atoms with Crippen LogP contribution in [0.2, 0.25) is 0 Å². The van der Waals surface area contributed by atoms with Gasteiger partial charge in [0.1, 0.15) is 16.2 Å². The Morgan fingerprint density at radius 3 is 2.78 bits per heavy atom. The average molecular weight is 343 g/mol. The van der Waals surface area contributed by atoms with E-state index in [0.29, 0.717) is 6.42 Å². The van der Waals surface area contributed by atoms with Crippen molar-refractivity contribution < 1.29 is 4.79 Å². The lowest BCUT2D eigenvalue weighted by Gasteiger charge is -2.06. The first-order valence-electron chi connectivity index (χ1n) is 7.37. The Bertz CT molecular complexity index is 830. The van der Waals surface area contributed by atoms with E-state index >= 15 is 0 Å². The van der Waals surface area contributed by atoms with E-state index in [-0.39, 0.29) is 5.91 Å². The predicted molar refractivity (Wildman–Crippen MR) is 96.7 cm³/mol. The van der Waals surface area contributed by atoms with Crippen molar-refractivity contribution in [1.29, 1.82) is 0 Å². The zero-order valence-corrected chi connectivity index (χ0v) is 14.4. The number of rotatable bonds is 6. The first-order chi connectivity index (χ1) is 11.2. The molecule has 1 amide bonds. The van der Waals surface area contributed by atoms with Gasteiger partial charge in [-0.2, -0.15) is 0 Å². The summed E-state index contributed by atoms with van der Waals surface area (Å²) in [6, 6.07) is 10.3. The molecule has 23 heavy (non-hydrogen) atoms. The molecule has 0 fully saturated rings. The van der Waals surface area contributed by atoms with Crippen molar-refractivity contribution in [3.63, 3.8) is 0 Å². The first-order valence-corrected chi connectivity index (χ1v) is 9.17. The molecule has 0 saturated heterocycles. The summed E-state index contributed by atoms with van der Waals surface area (Å²) < 4.78 is 0. The largest absolute Gasteiger partial charge is 0.370 e. The zero-order valence-electron chi connectivity index (χ0n) is 12.8. The lowest BCUT2D eigenvalue weighted by molar-refractivity contribution is -0.118. The maximum atomic E-state index is 10.9. The Morgan fingerprint density at radius 1 is 1.26 bits per heavy atom. The molecule has 0 aliphatic rings. The maximum absolute atomic E-state index is 10.9. The van der Waals surface area contributed by atoms with Crippen LogP contribution in [0.1, 0.15) is 17.7 Å². The number of nitrogens with zero attached hydrogens (tertiary/aromatic N) is 2. The summed E-state index contributed by atoms with van der Waals surface area (Å²) in [5.74, 6) is 0.563. The number of thioether (sulfide) groups is 1. The number of thiophene rings is 1. The third-order valence-electron chi connectivity index (χ3n) is 3.50. The van der Waals surface area contributed by atoms with Crippen molar-refractivity contribution in [3.8, 4) is 11.1 Å². The molecule has 2 N–H and O–H groups in total. The lowest BCUT2D eigenvalue weighted by Crippen LogP contribution is -2.10. The minimum absolute atomic E-state index is 0.255. The molecule has 6 heteroatoms. The molecule has 118 valence electrons. The van der Waals surface area contributed by atoms with Crippen molar-refractivity contribution in [2.24, 2.45) is 5.73 Å². The molecular formula is C17H17N3OS2. The standard InChI is InChI=1S/C17H17N3OS2/c1-11-14(12-6-3-2-4-7-12)15-16(19-10-20-17(15)23-11)22-9-5-8-13(18)21/h2-4,6-7,10H,5,8-9H2,1H3,(H2,18,21). The average Bonchev–Trinajstić information content (AvgIpc) is 2.89. The molecule has 4 nitrogen and oxygen atoms in total. The van der Waals surface area contributed by atoms with E-state index in [4.69, 9.17) is 5.73 Å². The summed E-state index contributed by atoms with van der Waals surface area (Å²) >= 11 is 3.36. The molecule has 0 spiro atoms. The fourth-order valence-corrected chi connectivity index (χ4v) is 4.52. The molecule has 1 aromatic carbocycles.